The van der Waals surface area contributed by atoms with Crippen molar-refractivity contribution in [3.05, 3.63) is 54.2 Å². The monoisotopic (exact) mass is 448 g/mol. The number of amides is 2. The molecule has 3 aromatic rings. The van der Waals surface area contributed by atoms with Gasteiger partial charge >= 0.3 is 0 Å². The summed E-state index contributed by atoms with van der Waals surface area (Å²) in [6.07, 6.45) is 1.54. The fourth-order valence-corrected chi connectivity index (χ4v) is 4.40. The lowest BCUT2D eigenvalue weighted by molar-refractivity contribution is -0.121. The minimum Gasteiger partial charge on any atom is -0.454 e. The van der Waals surface area contributed by atoms with Crippen LogP contribution in [-0.2, 0) is 9.59 Å². The first-order valence-corrected chi connectivity index (χ1v) is 10.6. The van der Waals surface area contributed by atoms with Crippen LogP contribution in [0, 0.1) is 0 Å². The van der Waals surface area contributed by atoms with Crippen molar-refractivity contribution < 1.29 is 23.9 Å². The van der Waals surface area contributed by atoms with E-state index in [4.69, 9.17) is 9.47 Å². The van der Waals surface area contributed by atoms with Gasteiger partial charge in [-0.05, 0) is 49.4 Å². The topological polar surface area (TPSA) is 112 Å². The number of fused-ring (bicyclic) bond motifs is 1. The van der Waals surface area contributed by atoms with Gasteiger partial charge < -0.3 is 9.47 Å². The Morgan fingerprint density at radius 3 is 2.66 bits per heavy atom. The molecular weight excluding hydrogens is 432 g/mol. The van der Waals surface area contributed by atoms with Gasteiger partial charge in [-0.3, -0.25) is 14.4 Å². The molecule has 1 unspecified atom stereocenters. The summed E-state index contributed by atoms with van der Waals surface area (Å²) in [4.78, 5) is 42.6. The predicted molar refractivity (Wildman–Crippen MR) is 115 cm³/mol. The molecule has 1 atom stereocenters. The predicted octanol–water partition coefficient (Wildman–Crippen LogP) is 2.89. The standard InChI is InChI=1S/C22H16N4O5S/c1-12(27)13-2-5-15(6-3-13)26-20(28)9-19(21(26)29)32-22-24-16(10-23-25-22)14-4-7-17-18(8-14)31-11-30-17/h2-8,10,19H,9,11H2,1H3. The molecule has 1 fully saturated rings. The van der Waals surface area contributed by atoms with Gasteiger partial charge in [-0.25, -0.2) is 9.88 Å². The Bertz CT molecular complexity index is 1250. The van der Waals surface area contributed by atoms with Crippen molar-refractivity contribution in [2.45, 2.75) is 23.8 Å². The number of anilines is 1. The quantitative estimate of drug-likeness (QED) is 0.429. The van der Waals surface area contributed by atoms with E-state index in [9.17, 15) is 14.4 Å². The Morgan fingerprint density at radius 1 is 1.09 bits per heavy atom. The molecule has 160 valence electrons. The third-order valence-corrected chi connectivity index (χ3v) is 6.13. The van der Waals surface area contributed by atoms with Gasteiger partial charge in [-0.1, -0.05) is 11.8 Å². The van der Waals surface area contributed by atoms with Crippen LogP contribution in [0.25, 0.3) is 11.3 Å². The molecule has 2 aliphatic heterocycles. The number of rotatable bonds is 5. The van der Waals surface area contributed by atoms with Crippen LogP contribution >= 0.6 is 11.8 Å². The largest absolute Gasteiger partial charge is 0.454 e. The Labute approximate surface area is 186 Å². The van der Waals surface area contributed by atoms with E-state index in [0.717, 1.165) is 22.2 Å². The van der Waals surface area contributed by atoms with Crippen molar-refractivity contribution in [2.75, 3.05) is 11.7 Å². The van der Waals surface area contributed by atoms with Gasteiger partial charge in [0.1, 0.15) is 5.25 Å². The number of benzene rings is 2. The summed E-state index contributed by atoms with van der Waals surface area (Å²) in [5, 5.41) is 7.64. The molecule has 10 heteroatoms. The lowest BCUT2D eigenvalue weighted by Crippen LogP contribution is -2.31. The Morgan fingerprint density at radius 2 is 1.88 bits per heavy atom. The van der Waals surface area contributed by atoms with Crippen LogP contribution in [0.1, 0.15) is 23.7 Å². The van der Waals surface area contributed by atoms with E-state index < -0.39 is 5.25 Å². The van der Waals surface area contributed by atoms with Gasteiger partial charge in [0, 0.05) is 17.5 Å². The van der Waals surface area contributed by atoms with Gasteiger partial charge in [0.2, 0.25) is 23.8 Å². The SMILES string of the molecule is CC(=O)c1ccc(N2C(=O)CC(Sc3nncc(-c4ccc5c(c4)OCO5)n3)C2=O)cc1. The first-order chi connectivity index (χ1) is 15.5. The molecule has 32 heavy (non-hydrogen) atoms. The molecule has 2 aliphatic rings. The van der Waals surface area contributed by atoms with Crippen LogP contribution in [0.2, 0.25) is 0 Å². The summed E-state index contributed by atoms with van der Waals surface area (Å²) < 4.78 is 10.7. The fraction of sp³-hybridized carbons (Fsp3) is 0.182. The van der Waals surface area contributed by atoms with E-state index in [-0.39, 0.29) is 30.8 Å². The molecule has 0 radical (unpaired) electrons. The second kappa shape index (κ2) is 8.04. The molecule has 0 saturated carbocycles. The zero-order valence-electron chi connectivity index (χ0n) is 16.8. The number of carbonyl (C=O) groups is 3. The van der Waals surface area contributed by atoms with E-state index in [1.807, 2.05) is 6.07 Å². The minimum absolute atomic E-state index is 0.0234. The van der Waals surface area contributed by atoms with E-state index in [1.165, 1.54) is 13.1 Å². The molecule has 0 aliphatic carbocycles. The molecule has 0 spiro atoms. The number of aromatic nitrogens is 3. The molecule has 2 amide bonds. The minimum atomic E-state index is -0.663. The molecule has 9 nitrogen and oxygen atoms in total. The average Bonchev–Trinajstić information content (AvgIpc) is 3.37. The average molecular weight is 448 g/mol. The van der Waals surface area contributed by atoms with Crippen molar-refractivity contribution in [2.24, 2.45) is 0 Å². The summed E-state index contributed by atoms with van der Waals surface area (Å²) in [5.41, 5.74) is 2.28. The van der Waals surface area contributed by atoms with Crippen LogP contribution in [0.15, 0.2) is 53.8 Å². The molecule has 1 aromatic heterocycles. The number of thioether (sulfide) groups is 1. The summed E-state index contributed by atoms with van der Waals surface area (Å²) in [7, 11) is 0. The highest BCUT2D eigenvalue weighted by Crippen LogP contribution is 2.36. The number of ether oxygens (including phenoxy) is 2. The molecule has 0 N–H and O–H groups in total. The highest BCUT2D eigenvalue weighted by molar-refractivity contribution is 8.00. The van der Waals surface area contributed by atoms with E-state index in [0.29, 0.717) is 33.6 Å². The van der Waals surface area contributed by atoms with Gasteiger partial charge in [0.15, 0.2) is 17.3 Å². The first kappa shape index (κ1) is 20.1. The number of Topliss-reactive ketones (excluding diaryl/α,β-unsaturated/α-hetero) is 1. The summed E-state index contributed by atoms with van der Waals surface area (Å²) in [5.74, 6) is 0.529. The van der Waals surface area contributed by atoms with Crippen molar-refractivity contribution in [3.63, 3.8) is 0 Å². The highest BCUT2D eigenvalue weighted by atomic mass is 32.2. The van der Waals surface area contributed by atoms with Crippen molar-refractivity contribution in [1.82, 2.24) is 15.2 Å². The van der Waals surface area contributed by atoms with Gasteiger partial charge in [0.25, 0.3) is 0 Å². The Balaban J connectivity index is 1.34. The Kier molecular flexibility index (Phi) is 5.06. The van der Waals surface area contributed by atoms with E-state index in [2.05, 4.69) is 15.2 Å². The summed E-state index contributed by atoms with van der Waals surface area (Å²) >= 11 is 1.10. The number of ketones is 1. The van der Waals surface area contributed by atoms with Crippen LogP contribution < -0.4 is 14.4 Å². The van der Waals surface area contributed by atoms with Crippen molar-refractivity contribution >= 4 is 35.0 Å². The van der Waals surface area contributed by atoms with Crippen molar-refractivity contribution in [3.8, 4) is 22.8 Å². The van der Waals surface area contributed by atoms with E-state index in [1.54, 1.807) is 36.4 Å². The molecule has 1 saturated heterocycles. The number of hydrogen-bond acceptors (Lipinski definition) is 9. The molecule has 2 aromatic carbocycles. The van der Waals surface area contributed by atoms with E-state index >= 15 is 0 Å². The van der Waals surface area contributed by atoms with Gasteiger partial charge in [-0.2, -0.15) is 5.10 Å². The third kappa shape index (κ3) is 3.69. The maximum absolute atomic E-state index is 12.9. The molecule has 3 heterocycles. The zero-order valence-corrected chi connectivity index (χ0v) is 17.7. The first-order valence-electron chi connectivity index (χ1n) is 9.74. The lowest BCUT2D eigenvalue weighted by atomic mass is 10.1. The van der Waals surface area contributed by atoms with Crippen LogP contribution in [0.4, 0.5) is 5.69 Å². The zero-order chi connectivity index (χ0) is 22.2. The number of nitrogens with zero attached hydrogens (tertiary/aromatic N) is 4. The molecular formula is C22H16N4O5S. The van der Waals surface area contributed by atoms with Crippen LogP contribution in [0.3, 0.4) is 0 Å². The second-order valence-electron chi connectivity index (χ2n) is 7.17. The number of imide groups is 1. The van der Waals surface area contributed by atoms with Gasteiger partial charge in [-0.15, -0.1) is 5.10 Å². The van der Waals surface area contributed by atoms with Gasteiger partial charge in [0.05, 0.1) is 17.6 Å². The maximum atomic E-state index is 12.9. The smallest absolute Gasteiger partial charge is 0.247 e. The van der Waals surface area contributed by atoms with Crippen LogP contribution in [-0.4, -0.2) is 44.8 Å². The number of hydrogen-bond donors (Lipinski definition) is 0. The molecule has 5 rings (SSSR count). The lowest BCUT2D eigenvalue weighted by Gasteiger charge is -2.15. The normalized spacial score (nSPS) is 17.2. The fourth-order valence-electron chi connectivity index (χ4n) is 3.47. The third-order valence-electron chi connectivity index (χ3n) is 5.09. The second-order valence-corrected chi connectivity index (χ2v) is 8.34. The highest BCUT2D eigenvalue weighted by Gasteiger charge is 2.40. The maximum Gasteiger partial charge on any atom is 0.247 e. The molecule has 0 bridgehead atoms. The van der Waals surface area contributed by atoms with Crippen molar-refractivity contribution in [1.29, 1.82) is 0 Å². The van der Waals surface area contributed by atoms with Crippen LogP contribution in [0.5, 0.6) is 11.5 Å². The summed E-state index contributed by atoms with van der Waals surface area (Å²) in [6.45, 7) is 1.63. The summed E-state index contributed by atoms with van der Waals surface area (Å²) in [6, 6.07) is 11.8. The Hall–Kier alpha value is -3.79. The number of carbonyl (C=O) groups excluding carboxylic acids is 3.